The van der Waals surface area contributed by atoms with Crippen LogP contribution in [0.4, 0.5) is 5.82 Å². The molecule has 7 nitrogen and oxygen atoms in total. The molecule has 0 aliphatic carbocycles. The van der Waals surface area contributed by atoms with E-state index in [0.717, 1.165) is 36.9 Å². The van der Waals surface area contributed by atoms with Crippen molar-refractivity contribution in [3.8, 4) is 0 Å². The van der Waals surface area contributed by atoms with Gasteiger partial charge in [0, 0.05) is 24.7 Å². The third-order valence-electron chi connectivity index (χ3n) is 5.70. The quantitative estimate of drug-likeness (QED) is 0.546. The molecule has 1 aromatic heterocycles. The smallest absolute Gasteiger partial charge is 0.256 e. The van der Waals surface area contributed by atoms with Gasteiger partial charge in [0.1, 0.15) is 10.7 Å². The number of anilines is 1. The molecule has 33 heavy (non-hydrogen) atoms. The van der Waals surface area contributed by atoms with E-state index in [2.05, 4.69) is 10.4 Å². The maximum absolute atomic E-state index is 13.3. The summed E-state index contributed by atoms with van der Waals surface area (Å²) in [6.07, 6.45) is 3.67. The molecule has 2 aromatic carbocycles. The number of nitrogens with zero attached hydrogens (tertiary/aromatic N) is 3. The predicted molar refractivity (Wildman–Crippen MR) is 129 cm³/mol. The van der Waals surface area contributed by atoms with Gasteiger partial charge in [-0.15, -0.1) is 0 Å². The Balaban J connectivity index is 1.58. The average Bonchev–Trinajstić information content (AvgIpc) is 2.97. The third-order valence-corrected chi connectivity index (χ3v) is 8.08. The molecule has 0 saturated carbocycles. The lowest BCUT2D eigenvalue weighted by Gasteiger charge is -2.21. The highest BCUT2D eigenvalue weighted by Gasteiger charge is 2.28. The Labute approximate surface area is 199 Å². The minimum atomic E-state index is -3.79. The first-order valence-corrected chi connectivity index (χ1v) is 12.9. The second kappa shape index (κ2) is 10.1. The maximum atomic E-state index is 13.3. The highest BCUT2D eigenvalue weighted by Crippen LogP contribution is 2.28. The number of carbonyl (C=O) groups is 1. The van der Waals surface area contributed by atoms with Crippen LogP contribution in [0, 0.1) is 6.92 Å². The Morgan fingerprint density at radius 2 is 1.73 bits per heavy atom. The van der Waals surface area contributed by atoms with Gasteiger partial charge < -0.3 is 5.32 Å². The minimum Gasteiger partial charge on any atom is -0.307 e. The second-order valence-corrected chi connectivity index (χ2v) is 10.5. The van der Waals surface area contributed by atoms with Gasteiger partial charge in [0.2, 0.25) is 10.0 Å². The van der Waals surface area contributed by atoms with Crippen LogP contribution in [-0.4, -0.2) is 41.5 Å². The number of sulfonamides is 1. The predicted octanol–water partition coefficient (Wildman–Crippen LogP) is 4.71. The van der Waals surface area contributed by atoms with Crippen molar-refractivity contribution in [2.45, 2.75) is 44.0 Å². The molecule has 9 heteroatoms. The molecule has 0 bridgehead atoms. The number of aryl methyl sites for hydroxylation is 1. The second-order valence-electron chi connectivity index (χ2n) is 8.23. The van der Waals surface area contributed by atoms with Gasteiger partial charge in [0.25, 0.3) is 5.91 Å². The van der Waals surface area contributed by atoms with E-state index in [-0.39, 0.29) is 15.5 Å². The summed E-state index contributed by atoms with van der Waals surface area (Å²) in [5.74, 6) is 0.112. The largest absolute Gasteiger partial charge is 0.307 e. The Bertz CT molecular complexity index is 1230. The van der Waals surface area contributed by atoms with E-state index in [0.29, 0.717) is 25.5 Å². The number of carbonyl (C=O) groups excluding carboxylic acids is 1. The van der Waals surface area contributed by atoms with Gasteiger partial charge >= 0.3 is 0 Å². The molecular weight excluding hydrogens is 460 g/mol. The zero-order valence-electron chi connectivity index (χ0n) is 18.5. The van der Waals surface area contributed by atoms with Crippen LogP contribution in [-0.2, 0) is 16.6 Å². The fourth-order valence-corrected chi connectivity index (χ4v) is 5.99. The van der Waals surface area contributed by atoms with Crippen LogP contribution in [0.25, 0.3) is 0 Å². The Morgan fingerprint density at radius 1 is 1.03 bits per heavy atom. The Kier molecular flexibility index (Phi) is 7.17. The van der Waals surface area contributed by atoms with Crippen molar-refractivity contribution in [1.29, 1.82) is 0 Å². The van der Waals surface area contributed by atoms with Crippen LogP contribution in [0.1, 0.15) is 47.3 Å². The van der Waals surface area contributed by atoms with Gasteiger partial charge in [-0.05, 0) is 43.5 Å². The van der Waals surface area contributed by atoms with Crippen molar-refractivity contribution in [3.05, 3.63) is 76.4 Å². The van der Waals surface area contributed by atoms with Gasteiger partial charge in [-0.2, -0.15) is 9.40 Å². The fraction of sp³-hybridized carbons (Fsp3) is 0.333. The lowest BCUT2D eigenvalue weighted by atomic mass is 10.2. The molecular formula is C24H27ClN4O3S. The van der Waals surface area contributed by atoms with Crippen molar-refractivity contribution >= 4 is 33.3 Å². The number of halogens is 1. The summed E-state index contributed by atoms with van der Waals surface area (Å²) in [6.45, 7) is 3.28. The van der Waals surface area contributed by atoms with E-state index in [4.69, 9.17) is 11.6 Å². The molecule has 4 rings (SSSR count). The van der Waals surface area contributed by atoms with Crippen molar-refractivity contribution in [2.75, 3.05) is 18.4 Å². The molecule has 1 aliphatic rings. The lowest BCUT2D eigenvalue weighted by Crippen LogP contribution is -2.32. The van der Waals surface area contributed by atoms with E-state index >= 15 is 0 Å². The molecule has 174 valence electrons. The van der Waals surface area contributed by atoms with Crippen molar-refractivity contribution < 1.29 is 13.2 Å². The molecule has 1 aliphatic heterocycles. The van der Waals surface area contributed by atoms with E-state index in [1.165, 1.54) is 22.5 Å². The number of hydrogen-bond acceptors (Lipinski definition) is 4. The first-order chi connectivity index (χ1) is 15.8. The van der Waals surface area contributed by atoms with Crippen molar-refractivity contribution in [3.63, 3.8) is 0 Å². The molecule has 3 aromatic rings. The Morgan fingerprint density at radius 3 is 2.42 bits per heavy atom. The molecule has 1 amide bonds. The van der Waals surface area contributed by atoms with Gasteiger partial charge in [-0.1, -0.05) is 54.8 Å². The summed E-state index contributed by atoms with van der Waals surface area (Å²) in [4.78, 5) is 13.0. The van der Waals surface area contributed by atoms with Gasteiger partial charge in [0.15, 0.2) is 0 Å². The SMILES string of the molecule is Cc1cc(NC(=O)c2ccc(Cl)c(S(=O)(=O)N3CCCCCC3)c2)n(Cc2ccccc2)n1. The monoisotopic (exact) mass is 486 g/mol. The third kappa shape index (κ3) is 5.46. The fourth-order valence-electron chi connectivity index (χ4n) is 3.97. The zero-order chi connectivity index (χ0) is 23.4. The molecule has 0 atom stereocenters. The molecule has 2 heterocycles. The summed E-state index contributed by atoms with van der Waals surface area (Å²) in [6, 6.07) is 16.0. The van der Waals surface area contributed by atoms with Gasteiger partial charge in [0.05, 0.1) is 17.3 Å². The molecule has 1 saturated heterocycles. The molecule has 1 N–H and O–H groups in total. The van der Waals surface area contributed by atoms with Crippen LogP contribution >= 0.6 is 11.6 Å². The summed E-state index contributed by atoms with van der Waals surface area (Å²) in [5, 5.41) is 7.45. The Hall–Kier alpha value is -2.68. The van der Waals surface area contributed by atoms with Crippen molar-refractivity contribution in [2.24, 2.45) is 0 Å². The number of aromatic nitrogens is 2. The average molecular weight is 487 g/mol. The first-order valence-electron chi connectivity index (χ1n) is 11.0. The molecule has 0 unspecified atom stereocenters. The topological polar surface area (TPSA) is 84.3 Å². The first kappa shape index (κ1) is 23.5. The number of nitrogens with one attached hydrogen (secondary N) is 1. The van der Waals surface area contributed by atoms with Gasteiger partial charge in [-0.25, -0.2) is 13.1 Å². The summed E-state index contributed by atoms with van der Waals surface area (Å²) in [7, 11) is -3.79. The van der Waals surface area contributed by atoms with Gasteiger partial charge in [-0.3, -0.25) is 4.79 Å². The molecule has 0 spiro atoms. The summed E-state index contributed by atoms with van der Waals surface area (Å²) in [5.41, 5.74) is 2.04. The highest BCUT2D eigenvalue weighted by molar-refractivity contribution is 7.89. The van der Waals surface area contributed by atoms with E-state index < -0.39 is 15.9 Å². The normalized spacial score (nSPS) is 15.2. The van der Waals surface area contributed by atoms with E-state index in [9.17, 15) is 13.2 Å². The minimum absolute atomic E-state index is 0.0345. The van der Waals surface area contributed by atoms with Crippen LogP contribution < -0.4 is 5.32 Å². The number of rotatable bonds is 6. The number of benzene rings is 2. The zero-order valence-corrected chi connectivity index (χ0v) is 20.1. The maximum Gasteiger partial charge on any atom is 0.256 e. The van der Waals surface area contributed by atoms with Crippen LogP contribution in [0.2, 0.25) is 5.02 Å². The van der Waals surface area contributed by atoms with Crippen LogP contribution in [0.15, 0.2) is 59.5 Å². The van der Waals surface area contributed by atoms with E-state index in [1.54, 1.807) is 10.7 Å². The highest BCUT2D eigenvalue weighted by atomic mass is 35.5. The molecule has 0 radical (unpaired) electrons. The van der Waals surface area contributed by atoms with Crippen molar-refractivity contribution in [1.82, 2.24) is 14.1 Å². The van der Waals surface area contributed by atoms with E-state index in [1.807, 2.05) is 37.3 Å². The van der Waals surface area contributed by atoms with Crippen LogP contribution in [0.5, 0.6) is 0 Å². The van der Waals surface area contributed by atoms with Crippen LogP contribution in [0.3, 0.4) is 0 Å². The number of hydrogen-bond donors (Lipinski definition) is 1. The lowest BCUT2D eigenvalue weighted by molar-refractivity contribution is 0.102. The number of amides is 1. The molecule has 1 fully saturated rings. The standard InChI is InChI=1S/C24H27ClN4O3S/c1-18-15-23(29(27-18)17-19-9-5-4-6-10-19)26-24(30)20-11-12-21(25)22(16-20)33(31,32)28-13-7-2-3-8-14-28/h4-6,9-12,15-16H,2-3,7-8,13-14,17H2,1H3,(H,26,30). The summed E-state index contributed by atoms with van der Waals surface area (Å²) < 4.78 is 29.7. The summed E-state index contributed by atoms with van der Waals surface area (Å²) >= 11 is 6.27.